The van der Waals surface area contributed by atoms with Gasteiger partial charge in [-0.25, -0.2) is 4.79 Å². The minimum Gasteiger partial charge on any atom is -0.497 e. The summed E-state index contributed by atoms with van der Waals surface area (Å²) in [6, 6.07) is 4.34. The van der Waals surface area contributed by atoms with Gasteiger partial charge in [0, 0.05) is 0 Å². The zero-order valence-electron chi connectivity index (χ0n) is 8.34. The Morgan fingerprint density at radius 1 is 1.31 bits per heavy atom. The molecule has 0 saturated heterocycles. The summed E-state index contributed by atoms with van der Waals surface area (Å²) in [5.74, 6) is 0.502. The Bertz CT molecular complexity index is 468. The van der Waals surface area contributed by atoms with Gasteiger partial charge in [0.1, 0.15) is 5.75 Å². The molecule has 1 aromatic rings. The third-order valence-electron chi connectivity index (χ3n) is 1.60. The van der Waals surface area contributed by atoms with Gasteiger partial charge in [-0.05, 0) is 24.3 Å². The molecule has 2 amide bonds. The fourth-order valence-corrected chi connectivity index (χ4v) is 1.64. The number of hydroxylamine groups is 1. The SMILES string of the molecule is COc1ccc(S(=O)(=O)ONC(N)=O)cc1. The molecule has 0 fully saturated rings. The molecular formula is C8H10N2O5S. The second-order valence-electron chi connectivity index (χ2n) is 2.68. The summed E-state index contributed by atoms with van der Waals surface area (Å²) in [7, 11) is -2.59. The van der Waals surface area contributed by atoms with Crippen LogP contribution in [0.25, 0.3) is 0 Å². The van der Waals surface area contributed by atoms with E-state index in [0.717, 1.165) is 0 Å². The lowest BCUT2D eigenvalue weighted by molar-refractivity contribution is 0.189. The van der Waals surface area contributed by atoms with Crippen molar-refractivity contribution in [2.24, 2.45) is 5.73 Å². The van der Waals surface area contributed by atoms with Crippen molar-refractivity contribution >= 4 is 16.1 Å². The molecule has 0 aliphatic carbocycles. The molecular weight excluding hydrogens is 236 g/mol. The zero-order chi connectivity index (χ0) is 12.2. The summed E-state index contributed by atoms with van der Waals surface area (Å²) in [6.45, 7) is 0. The van der Waals surface area contributed by atoms with E-state index in [2.05, 4.69) is 10.0 Å². The number of urea groups is 1. The van der Waals surface area contributed by atoms with Crippen molar-refractivity contribution in [3.05, 3.63) is 24.3 Å². The van der Waals surface area contributed by atoms with Crippen molar-refractivity contribution in [3.8, 4) is 5.75 Å². The molecule has 0 saturated carbocycles. The highest BCUT2D eigenvalue weighted by Crippen LogP contribution is 2.16. The molecule has 0 unspecified atom stereocenters. The van der Waals surface area contributed by atoms with Gasteiger partial charge < -0.3 is 10.5 Å². The minimum atomic E-state index is -4.05. The maximum atomic E-state index is 11.4. The Labute approximate surface area is 92.2 Å². The zero-order valence-corrected chi connectivity index (χ0v) is 9.15. The van der Waals surface area contributed by atoms with E-state index >= 15 is 0 Å². The number of rotatable bonds is 4. The Kier molecular flexibility index (Phi) is 3.69. The van der Waals surface area contributed by atoms with Crippen molar-refractivity contribution in [3.63, 3.8) is 0 Å². The smallest absolute Gasteiger partial charge is 0.337 e. The van der Waals surface area contributed by atoms with Gasteiger partial charge in [-0.15, -0.1) is 4.28 Å². The molecule has 0 atom stereocenters. The molecule has 8 heteroatoms. The van der Waals surface area contributed by atoms with Crippen LogP contribution in [-0.4, -0.2) is 21.6 Å². The van der Waals surface area contributed by atoms with Crippen LogP contribution in [0, 0.1) is 0 Å². The van der Waals surface area contributed by atoms with Crippen molar-refractivity contribution in [2.45, 2.75) is 4.90 Å². The lowest BCUT2D eigenvalue weighted by Gasteiger charge is -2.05. The fourth-order valence-electron chi connectivity index (χ4n) is 0.886. The summed E-state index contributed by atoms with van der Waals surface area (Å²) < 4.78 is 31.8. The second-order valence-corrected chi connectivity index (χ2v) is 4.23. The minimum absolute atomic E-state index is 0.123. The van der Waals surface area contributed by atoms with Crippen LogP contribution in [0.3, 0.4) is 0 Å². The Morgan fingerprint density at radius 3 is 2.31 bits per heavy atom. The van der Waals surface area contributed by atoms with E-state index in [4.69, 9.17) is 4.74 Å². The standard InChI is InChI=1S/C8H10N2O5S/c1-14-6-2-4-7(5-3-6)16(12,13)15-10-8(9)11/h2-5H,1H3,(H3,9,10,11). The first-order valence-electron chi connectivity index (χ1n) is 4.08. The third-order valence-corrected chi connectivity index (χ3v) is 2.75. The summed E-state index contributed by atoms with van der Waals surface area (Å²) in [6.07, 6.45) is 0. The van der Waals surface area contributed by atoms with E-state index in [1.807, 2.05) is 0 Å². The van der Waals surface area contributed by atoms with Crippen LogP contribution in [0.2, 0.25) is 0 Å². The number of nitrogens with one attached hydrogen (secondary N) is 1. The molecule has 3 N–H and O–H groups in total. The molecule has 0 heterocycles. The molecule has 0 radical (unpaired) electrons. The Morgan fingerprint density at radius 2 is 1.88 bits per heavy atom. The number of carbonyl (C=O) groups excluding carboxylic acids is 1. The lowest BCUT2D eigenvalue weighted by Crippen LogP contribution is -2.31. The Hall–Kier alpha value is -1.80. The maximum absolute atomic E-state index is 11.4. The monoisotopic (exact) mass is 246 g/mol. The van der Waals surface area contributed by atoms with Crippen LogP contribution in [-0.2, 0) is 14.4 Å². The number of hydrogen-bond donors (Lipinski definition) is 2. The quantitative estimate of drug-likeness (QED) is 0.726. The van der Waals surface area contributed by atoms with Gasteiger partial charge in [-0.3, -0.25) is 0 Å². The number of nitrogens with two attached hydrogens (primary N) is 1. The summed E-state index contributed by atoms with van der Waals surface area (Å²) >= 11 is 0. The molecule has 0 spiro atoms. The number of primary amides is 1. The number of methoxy groups -OCH3 is 1. The van der Waals surface area contributed by atoms with Gasteiger partial charge in [0.25, 0.3) is 0 Å². The third kappa shape index (κ3) is 3.11. The molecule has 0 aliphatic rings. The molecule has 0 bridgehead atoms. The van der Waals surface area contributed by atoms with Gasteiger partial charge in [-0.2, -0.15) is 13.9 Å². The van der Waals surface area contributed by atoms with Crippen molar-refractivity contribution in [2.75, 3.05) is 7.11 Å². The first-order chi connectivity index (χ1) is 7.45. The van der Waals surface area contributed by atoms with E-state index in [0.29, 0.717) is 5.75 Å². The van der Waals surface area contributed by atoms with Crippen LogP contribution < -0.4 is 16.0 Å². The first-order valence-corrected chi connectivity index (χ1v) is 5.49. The Balaban J connectivity index is 2.85. The topological polar surface area (TPSA) is 108 Å². The normalized spacial score (nSPS) is 10.8. The van der Waals surface area contributed by atoms with Crippen LogP contribution in [0.4, 0.5) is 4.79 Å². The second kappa shape index (κ2) is 4.81. The molecule has 88 valence electrons. The van der Waals surface area contributed by atoms with E-state index in [9.17, 15) is 13.2 Å². The van der Waals surface area contributed by atoms with Crippen molar-refractivity contribution in [1.29, 1.82) is 0 Å². The van der Waals surface area contributed by atoms with Crippen molar-refractivity contribution < 1.29 is 22.2 Å². The number of hydrogen-bond acceptors (Lipinski definition) is 5. The molecule has 1 aromatic carbocycles. The summed E-state index contributed by atoms with van der Waals surface area (Å²) in [5.41, 5.74) is 6.20. The van der Waals surface area contributed by atoms with Crippen molar-refractivity contribution in [1.82, 2.24) is 5.48 Å². The van der Waals surface area contributed by atoms with Crippen LogP contribution in [0.5, 0.6) is 5.75 Å². The van der Waals surface area contributed by atoms with Gasteiger partial charge in [0.15, 0.2) is 0 Å². The van der Waals surface area contributed by atoms with Gasteiger partial charge in [-0.1, -0.05) is 0 Å². The number of ether oxygens (including phenoxy) is 1. The van der Waals surface area contributed by atoms with Crippen LogP contribution in [0.1, 0.15) is 0 Å². The predicted octanol–water partition coefficient (Wildman–Crippen LogP) is -0.0162. The number of carbonyl (C=O) groups is 1. The van der Waals surface area contributed by atoms with Crippen LogP contribution >= 0.6 is 0 Å². The number of benzene rings is 1. The van der Waals surface area contributed by atoms with Gasteiger partial charge in [0.2, 0.25) is 0 Å². The molecule has 1 rings (SSSR count). The molecule has 16 heavy (non-hydrogen) atoms. The van der Waals surface area contributed by atoms with E-state index in [1.165, 1.54) is 36.9 Å². The average molecular weight is 246 g/mol. The molecule has 7 nitrogen and oxygen atoms in total. The summed E-state index contributed by atoms with van der Waals surface area (Å²) in [5, 5.41) is 0. The highest BCUT2D eigenvalue weighted by atomic mass is 32.2. The maximum Gasteiger partial charge on any atom is 0.337 e. The highest BCUT2D eigenvalue weighted by Gasteiger charge is 2.16. The van der Waals surface area contributed by atoms with E-state index in [-0.39, 0.29) is 4.90 Å². The number of amides is 2. The largest absolute Gasteiger partial charge is 0.497 e. The average Bonchev–Trinajstić information content (AvgIpc) is 2.27. The predicted molar refractivity (Wildman–Crippen MR) is 54.0 cm³/mol. The molecule has 0 aromatic heterocycles. The summed E-state index contributed by atoms with van der Waals surface area (Å²) in [4.78, 5) is 10.2. The van der Waals surface area contributed by atoms with Gasteiger partial charge >= 0.3 is 16.1 Å². The highest BCUT2D eigenvalue weighted by molar-refractivity contribution is 7.86. The first kappa shape index (κ1) is 12.3. The van der Waals surface area contributed by atoms with Gasteiger partial charge in [0.05, 0.1) is 12.0 Å². The molecule has 0 aliphatic heterocycles. The lowest BCUT2D eigenvalue weighted by atomic mass is 10.3. The van der Waals surface area contributed by atoms with Crippen LogP contribution in [0.15, 0.2) is 29.2 Å². The van der Waals surface area contributed by atoms with E-state index < -0.39 is 16.1 Å². The fraction of sp³-hybridized carbons (Fsp3) is 0.125. The van der Waals surface area contributed by atoms with E-state index in [1.54, 1.807) is 0 Å².